The molecule has 5 nitrogen and oxygen atoms in total. The summed E-state index contributed by atoms with van der Waals surface area (Å²) >= 11 is 6.07. The highest BCUT2D eigenvalue weighted by Crippen LogP contribution is 2.47. The van der Waals surface area contributed by atoms with Gasteiger partial charge < -0.3 is 14.9 Å². The van der Waals surface area contributed by atoms with E-state index in [0.717, 1.165) is 51.0 Å². The van der Waals surface area contributed by atoms with Gasteiger partial charge in [0.15, 0.2) is 0 Å². The number of carboxylic acids is 1. The second-order valence-corrected chi connectivity index (χ2v) is 9.59. The van der Waals surface area contributed by atoms with E-state index in [1.54, 1.807) is 0 Å². The first-order chi connectivity index (χ1) is 14.0. The Labute approximate surface area is 178 Å². The van der Waals surface area contributed by atoms with E-state index in [0.29, 0.717) is 23.8 Å². The number of nitrogens with zero attached hydrogens (tertiary/aromatic N) is 2. The van der Waals surface area contributed by atoms with Gasteiger partial charge in [0.05, 0.1) is 17.9 Å². The van der Waals surface area contributed by atoms with E-state index in [2.05, 4.69) is 4.90 Å². The second kappa shape index (κ2) is 8.65. The molecule has 2 atom stereocenters. The molecule has 0 radical (unpaired) electrons. The zero-order valence-corrected chi connectivity index (χ0v) is 17.7. The summed E-state index contributed by atoms with van der Waals surface area (Å²) in [7, 11) is 0. The van der Waals surface area contributed by atoms with Gasteiger partial charge in [-0.3, -0.25) is 9.59 Å². The molecule has 2 heterocycles. The number of rotatable bonds is 8. The van der Waals surface area contributed by atoms with Crippen LogP contribution in [0.15, 0.2) is 24.3 Å². The smallest absolute Gasteiger partial charge is 0.304 e. The zero-order chi connectivity index (χ0) is 20.4. The molecule has 2 aliphatic heterocycles. The van der Waals surface area contributed by atoms with E-state index in [1.165, 1.54) is 12.8 Å². The Kier molecular flexibility index (Phi) is 6.16. The van der Waals surface area contributed by atoms with Crippen molar-refractivity contribution in [1.29, 1.82) is 0 Å². The lowest BCUT2D eigenvalue weighted by Crippen LogP contribution is -2.52. The van der Waals surface area contributed by atoms with Crippen LogP contribution in [0.2, 0.25) is 5.02 Å². The summed E-state index contributed by atoms with van der Waals surface area (Å²) in [5.41, 5.74) is 0.332. The van der Waals surface area contributed by atoms with E-state index in [4.69, 9.17) is 11.6 Å². The molecule has 3 aliphatic rings. The molecule has 1 N–H and O–H groups in total. The summed E-state index contributed by atoms with van der Waals surface area (Å²) in [5, 5.41) is 10.3. The van der Waals surface area contributed by atoms with Gasteiger partial charge in [-0.15, -0.1) is 0 Å². The van der Waals surface area contributed by atoms with Crippen LogP contribution in [0.1, 0.15) is 63.0 Å². The molecule has 3 fully saturated rings. The average molecular weight is 419 g/mol. The Bertz CT molecular complexity index is 743. The third-order valence-electron chi connectivity index (χ3n) is 6.99. The van der Waals surface area contributed by atoms with Crippen LogP contribution in [0.3, 0.4) is 0 Å². The van der Waals surface area contributed by atoms with E-state index >= 15 is 0 Å². The minimum absolute atomic E-state index is 0.0223. The van der Waals surface area contributed by atoms with Gasteiger partial charge in [-0.05, 0) is 88.2 Å². The van der Waals surface area contributed by atoms with Crippen molar-refractivity contribution in [3.8, 4) is 0 Å². The quantitative estimate of drug-likeness (QED) is 0.681. The minimum Gasteiger partial charge on any atom is -0.481 e. The number of hydrogen-bond acceptors (Lipinski definition) is 3. The van der Waals surface area contributed by atoms with Crippen LogP contribution in [0.25, 0.3) is 0 Å². The van der Waals surface area contributed by atoms with Crippen LogP contribution in [-0.2, 0) is 9.59 Å². The topological polar surface area (TPSA) is 60.9 Å². The number of halogens is 1. The number of hydrogen-bond donors (Lipinski definition) is 1. The van der Waals surface area contributed by atoms with Crippen LogP contribution in [0.4, 0.5) is 0 Å². The number of carbonyl (C=O) groups is 2. The highest BCUT2D eigenvalue weighted by Gasteiger charge is 2.49. The Morgan fingerprint density at radius 2 is 1.83 bits per heavy atom. The lowest BCUT2D eigenvalue weighted by Gasteiger charge is -2.46. The normalized spacial score (nSPS) is 28.1. The van der Waals surface area contributed by atoms with Gasteiger partial charge in [0.2, 0.25) is 5.91 Å². The summed E-state index contributed by atoms with van der Waals surface area (Å²) in [6.07, 6.45) is 6.76. The predicted octanol–water partition coefficient (Wildman–Crippen LogP) is 4.36. The molecule has 1 aromatic carbocycles. The summed E-state index contributed by atoms with van der Waals surface area (Å²) in [6.45, 7) is 3.70. The highest BCUT2D eigenvalue weighted by molar-refractivity contribution is 6.30. The fourth-order valence-corrected chi connectivity index (χ4v) is 5.22. The molecule has 29 heavy (non-hydrogen) atoms. The molecular formula is C23H31ClN2O3. The van der Waals surface area contributed by atoms with Crippen LogP contribution < -0.4 is 0 Å². The predicted molar refractivity (Wildman–Crippen MR) is 113 cm³/mol. The van der Waals surface area contributed by atoms with Crippen molar-refractivity contribution < 1.29 is 14.7 Å². The van der Waals surface area contributed by atoms with E-state index in [1.807, 2.05) is 29.2 Å². The van der Waals surface area contributed by atoms with E-state index in [9.17, 15) is 14.7 Å². The van der Waals surface area contributed by atoms with Gasteiger partial charge in [-0.1, -0.05) is 23.7 Å². The molecule has 1 amide bonds. The van der Waals surface area contributed by atoms with Gasteiger partial charge >= 0.3 is 5.97 Å². The van der Waals surface area contributed by atoms with Gasteiger partial charge in [0, 0.05) is 11.6 Å². The maximum atomic E-state index is 13.8. The molecule has 4 rings (SSSR count). The van der Waals surface area contributed by atoms with Crippen molar-refractivity contribution in [3.05, 3.63) is 34.9 Å². The number of likely N-dealkylation sites (tertiary alicyclic amines) is 2. The number of aliphatic carboxylic acids is 1. The fraction of sp³-hybridized carbons (Fsp3) is 0.652. The lowest BCUT2D eigenvalue weighted by atomic mass is 9.71. The number of piperidine rings is 1. The molecule has 1 aliphatic carbocycles. The van der Waals surface area contributed by atoms with E-state index in [-0.39, 0.29) is 18.4 Å². The summed E-state index contributed by atoms with van der Waals surface area (Å²) in [5.74, 6) is -0.249. The first-order valence-corrected chi connectivity index (χ1v) is 11.4. The molecule has 0 spiro atoms. The average Bonchev–Trinajstić information content (AvgIpc) is 3.35. The lowest BCUT2D eigenvalue weighted by molar-refractivity contribution is -0.158. The molecule has 0 aromatic heterocycles. The first-order valence-electron chi connectivity index (χ1n) is 11.0. The molecule has 1 aromatic rings. The van der Waals surface area contributed by atoms with Crippen molar-refractivity contribution >= 4 is 23.5 Å². The zero-order valence-electron chi connectivity index (χ0n) is 17.0. The van der Waals surface area contributed by atoms with Crippen molar-refractivity contribution in [1.82, 2.24) is 9.80 Å². The molecule has 1 saturated carbocycles. The number of benzene rings is 1. The molecule has 2 saturated heterocycles. The Morgan fingerprint density at radius 3 is 2.45 bits per heavy atom. The largest absolute Gasteiger partial charge is 0.481 e. The molecule has 158 valence electrons. The fourth-order valence-electron chi connectivity index (χ4n) is 5.09. The number of carbonyl (C=O) groups excluding carboxylic acids is 1. The van der Waals surface area contributed by atoms with Gasteiger partial charge in [0.1, 0.15) is 0 Å². The van der Waals surface area contributed by atoms with Crippen molar-refractivity contribution in [2.45, 2.75) is 57.4 Å². The Morgan fingerprint density at radius 1 is 1.14 bits per heavy atom. The highest BCUT2D eigenvalue weighted by atomic mass is 35.5. The van der Waals surface area contributed by atoms with Gasteiger partial charge in [-0.2, -0.15) is 0 Å². The standard InChI is InChI=1S/C23H31ClN2O3/c24-19-7-5-18(6-8-19)20-9-10-23(15-21(27)28,11-14-25-12-1-2-13-25)22(29)26(20)16-17-3-4-17/h5-8,17,20H,1-4,9-16H2,(H,27,28)/t20?,23-/m0/s1. The second-order valence-electron chi connectivity index (χ2n) is 9.16. The van der Waals surface area contributed by atoms with Crippen LogP contribution in [0.5, 0.6) is 0 Å². The van der Waals surface area contributed by atoms with Crippen LogP contribution in [-0.4, -0.2) is 53.0 Å². The summed E-state index contributed by atoms with van der Waals surface area (Å²) < 4.78 is 0. The minimum atomic E-state index is -0.865. The first kappa shape index (κ1) is 20.7. The van der Waals surface area contributed by atoms with Crippen molar-refractivity contribution in [3.63, 3.8) is 0 Å². The number of carboxylic acid groups (broad SMARTS) is 1. The summed E-state index contributed by atoms with van der Waals surface area (Å²) in [6, 6.07) is 7.80. The van der Waals surface area contributed by atoms with Crippen molar-refractivity contribution in [2.24, 2.45) is 11.3 Å². The van der Waals surface area contributed by atoms with E-state index < -0.39 is 11.4 Å². The maximum Gasteiger partial charge on any atom is 0.304 e. The molecule has 6 heteroatoms. The third-order valence-corrected chi connectivity index (χ3v) is 7.24. The monoisotopic (exact) mass is 418 g/mol. The van der Waals surface area contributed by atoms with Crippen molar-refractivity contribution in [2.75, 3.05) is 26.2 Å². The summed E-state index contributed by atoms with van der Waals surface area (Å²) in [4.78, 5) is 30.0. The van der Waals surface area contributed by atoms with Gasteiger partial charge in [-0.25, -0.2) is 0 Å². The number of amides is 1. The SMILES string of the molecule is O=C(O)C[C@@]1(CCN2CCCC2)CCC(c2ccc(Cl)cc2)N(CC2CC2)C1=O. The Balaban J connectivity index is 1.58. The molecule has 0 bridgehead atoms. The molecule has 1 unspecified atom stereocenters. The third kappa shape index (κ3) is 4.77. The Hall–Kier alpha value is -1.59. The van der Waals surface area contributed by atoms with Crippen LogP contribution in [0, 0.1) is 11.3 Å². The molecular weight excluding hydrogens is 388 g/mol. The van der Waals surface area contributed by atoms with Gasteiger partial charge in [0.25, 0.3) is 0 Å². The maximum absolute atomic E-state index is 13.8. The van der Waals surface area contributed by atoms with Crippen LogP contribution >= 0.6 is 11.6 Å².